The van der Waals surface area contributed by atoms with Crippen molar-refractivity contribution in [1.29, 1.82) is 0 Å². The van der Waals surface area contributed by atoms with Crippen LogP contribution in [-0.2, 0) is 9.47 Å². The van der Waals surface area contributed by atoms with Gasteiger partial charge in [0.15, 0.2) is 5.96 Å². The van der Waals surface area contributed by atoms with Crippen LogP contribution in [0.5, 0.6) is 0 Å². The Balaban J connectivity index is 0.00000320. The van der Waals surface area contributed by atoms with E-state index < -0.39 is 0 Å². The standard InChI is InChI=1S/C22H43N5O2.HI/c1-19(2)20(26-9-13-28-14-10-26)17-24-21(23-3)25-18-22(7-5-4-6-8-22)27-11-15-29-16-12-27;/h19-20H,4-18H2,1-3H3,(H2,23,24,25);1H. The molecule has 0 aromatic heterocycles. The van der Waals surface area contributed by atoms with Crippen LogP contribution in [-0.4, -0.2) is 100 Å². The molecule has 1 unspecified atom stereocenters. The lowest BCUT2D eigenvalue weighted by atomic mass is 9.80. The fourth-order valence-electron chi connectivity index (χ4n) is 5.22. The van der Waals surface area contributed by atoms with Gasteiger partial charge in [0.2, 0.25) is 0 Å². The normalized spacial score (nSPS) is 24.9. The van der Waals surface area contributed by atoms with E-state index >= 15 is 0 Å². The van der Waals surface area contributed by atoms with Gasteiger partial charge in [0.1, 0.15) is 0 Å². The maximum Gasteiger partial charge on any atom is 0.191 e. The lowest BCUT2D eigenvalue weighted by molar-refractivity contribution is -0.0353. The molecule has 1 aliphatic carbocycles. The lowest BCUT2D eigenvalue weighted by Crippen LogP contribution is -2.61. The number of morpholine rings is 2. The Labute approximate surface area is 200 Å². The maximum absolute atomic E-state index is 5.62. The van der Waals surface area contributed by atoms with E-state index in [1.807, 2.05) is 7.05 Å². The quantitative estimate of drug-likeness (QED) is 0.295. The molecular formula is C22H44IN5O2. The zero-order chi connectivity index (χ0) is 20.5. The van der Waals surface area contributed by atoms with E-state index in [2.05, 4.69) is 39.3 Å². The van der Waals surface area contributed by atoms with Gasteiger partial charge in [-0.15, -0.1) is 24.0 Å². The summed E-state index contributed by atoms with van der Waals surface area (Å²) in [6.07, 6.45) is 6.59. The predicted octanol–water partition coefficient (Wildman–Crippen LogP) is 2.16. The fraction of sp³-hybridized carbons (Fsp3) is 0.955. The summed E-state index contributed by atoms with van der Waals surface area (Å²) in [6.45, 7) is 14.1. The molecule has 1 saturated carbocycles. The van der Waals surface area contributed by atoms with Gasteiger partial charge in [-0.05, 0) is 18.8 Å². The van der Waals surface area contributed by atoms with Crippen LogP contribution in [0.3, 0.4) is 0 Å². The molecule has 0 aromatic carbocycles. The van der Waals surface area contributed by atoms with Crippen molar-refractivity contribution in [2.75, 3.05) is 72.7 Å². The molecule has 2 heterocycles. The van der Waals surface area contributed by atoms with Crippen molar-refractivity contribution in [2.24, 2.45) is 10.9 Å². The Bertz CT molecular complexity index is 502. The van der Waals surface area contributed by atoms with Gasteiger partial charge in [-0.1, -0.05) is 33.1 Å². The van der Waals surface area contributed by atoms with Gasteiger partial charge in [-0.3, -0.25) is 14.8 Å². The Morgan fingerprint density at radius 3 is 2.10 bits per heavy atom. The van der Waals surface area contributed by atoms with Crippen molar-refractivity contribution >= 4 is 29.9 Å². The average Bonchev–Trinajstić information content (AvgIpc) is 2.78. The van der Waals surface area contributed by atoms with Crippen LogP contribution in [0.15, 0.2) is 4.99 Å². The second-order valence-electron chi connectivity index (χ2n) is 9.15. The Morgan fingerprint density at radius 2 is 1.53 bits per heavy atom. The van der Waals surface area contributed by atoms with Crippen LogP contribution in [0.25, 0.3) is 0 Å². The summed E-state index contributed by atoms with van der Waals surface area (Å²) < 4.78 is 11.2. The fourth-order valence-corrected chi connectivity index (χ4v) is 5.22. The van der Waals surface area contributed by atoms with E-state index in [1.165, 1.54) is 32.1 Å². The highest BCUT2D eigenvalue weighted by atomic mass is 127. The topological polar surface area (TPSA) is 61.4 Å². The molecule has 2 N–H and O–H groups in total. The number of aliphatic imine (C=N–C) groups is 1. The van der Waals surface area contributed by atoms with Gasteiger partial charge >= 0.3 is 0 Å². The number of ether oxygens (including phenoxy) is 2. The minimum Gasteiger partial charge on any atom is -0.379 e. The number of halogens is 1. The monoisotopic (exact) mass is 537 g/mol. The average molecular weight is 538 g/mol. The first kappa shape index (κ1) is 26.1. The molecular weight excluding hydrogens is 493 g/mol. The SMILES string of the molecule is CN=C(NCC(C(C)C)N1CCOCC1)NCC1(N2CCOCC2)CCCCC1.I. The summed E-state index contributed by atoms with van der Waals surface area (Å²) in [5.41, 5.74) is 0.251. The van der Waals surface area contributed by atoms with Crippen molar-refractivity contribution in [2.45, 2.75) is 57.5 Å². The summed E-state index contributed by atoms with van der Waals surface area (Å²) in [5, 5.41) is 7.31. The highest BCUT2D eigenvalue weighted by Gasteiger charge is 2.38. The van der Waals surface area contributed by atoms with E-state index in [0.29, 0.717) is 12.0 Å². The van der Waals surface area contributed by atoms with Gasteiger partial charge in [-0.2, -0.15) is 0 Å². The van der Waals surface area contributed by atoms with Crippen molar-refractivity contribution in [3.05, 3.63) is 0 Å². The highest BCUT2D eigenvalue weighted by Crippen LogP contribution is 2.33. The first-order valence-electron chi connectivity index (χ1n) is 11.7. The first-order chi connectivity index (χ1) is 14.1. The Kier molecular flexibility index (Phi) is 11.7. The number of nitrogens with zero attached hydrogens (tertiary/aromatic N) is 3. The first-order valence-corrected chi connectivity index (χ1v) is 11.7. The number of rotatable bonds is 7. The molecule has 3 aliphatic rings. The molecule has 30 heavy (non-hydrogen) atoms. The maximum atomic E-state index is 5.62. The minimum atomic E-state index is 0. The number of hydrogen-bond acceptors (Lipinski definition) is 5. The molecule has 2 aliphatic heterocycles. The Hall–Kier alpha value is -0.160. The number of nitrogens with one attached hydrogen (secondary N) is 2. The second kappa shape index (κ2) is 13.4. The number of hydrogen-bond donors (Lipinski definition) is 2. The summed E-state index contributed by atoms with van der Waals surface area (Å²) in [4.78, 5) is 9.77. The van der Waals surface area contributed by atoms with Crippen LogP contribution in [0.2, 0.25) is 0 Å². The van der Waals surface area contributed by atoms with E-state index in [0.717, 1.165) is 71.7 Å². The molecule has 176 valence electrons. The number of guanidine groups is 1. The van der Waals surface area contributed by atoms with E-state index in [-0.39, 0.29) is 29.5 Å². The Morgan fingerprint density at radius 1 is 0.933 bits per heavy atom. The third-order valence-electron chi connectivity index (χ3n) is 7.04. The predicted molar refractivity (Wildman–Crippen MR) is 134 cm³/mol. The molecule has 7 nitrogen and oxygen atoms in total. The van der Waals surface area contributed by atoms with Crippen LogP contribution < -0.4 is 10.6 Å². The largest absolute Gasteiger partial charge is 0.379 e. The lowest BCUT2D eigenvalue weighted by Gasteiger charge is -2.48. The summed E-state index contributed by atoms with van der Waals surface area (Å²) in [7, 11) is 1.89. The molecule has 0 aromatic rings. The van der Waals surface area contributed by atoms with Gasteiger partial charge in [0.25, 0.3) is 0 Å². The molecule has 2 saturated heterocycles. The van der Waals surface area contributed by atoms with Gasteiger partial charge in [0.05, 0.1) is 26.4 Å². The van der Waals surface area contributed by atoms with Crippen LogP contribution in [0.4, 0.5) is 0 Å². The second-order valence-corrected chi connectivity index (χ2v) is 9.15. The van der Waals surface area contributed by atoms with Crippen LogP contribution >= 0.6 is 24.0 Å². The van der Waals surface area contributed by atoms with Crippen molar-refractivity contribution in [3.8, 4) is 0 Å². The molecule has 3 fully saturated rings. The smallest absolute Gasteiger partial charge is 0.191 e. The molecule has 8 heteroatoms. The van der Waals surface area contributed by atoms with Crippen LogP contribution in [0, 0.1) is 5.92 Å². The van der Waals surface area contributed by atoms with Gasteiger partial charge < -0.3 is 20.1 Å². The zero-order valence-corrected chi connectivity index (χ0v) is 21.7. The van der Waals surface area contributed by atoms with Gasteiger partial charge in [0, 0.05) is 57.9 Å². The van der Waals surface area contributed by atoms with E-state index in [9.17, 15) is 0 Å². The third kappa shape index (κ3) is 7.18. The third-order valence-corrected chi connectivity index (χ3v) is 7.04. The molecule has 0 spiro atoms. The van der Waals surface area contributed by atoms with Crippen molar-refractivity contribution < 1.29 is 9.47 Å². The van der Waals surface area contributed by atoms with E-state index in [4.69, 9.17) is 9.47 Å². The highest BCUT2D eigenvalue weighted by molar-refractivity contribution is 14.0. The molecule has 0 bridgehead atoms. The van der Waals surface area contributed by atoms with Crippen LogP contribution in [0.1, 0.15) is 46.0 Å². The van der Waals surface area contributed by atoms with E-state index in [1.54, 1.807) is 0 Å². The van der Waals surface area contributed by atoms with Crippen molar-refractivity contribution in [3.63, 3.8) is 0 Å². The molecule has 0 amide bonds. The molecule has 3 rings (SSSR count). The summed E-state index contributed by atoms with van der Waals surface area (Å²) in [6, 6.07) is 0.500. The minimum absolute atomic E-state index is 0. The van der Waals surface area contributed by atoms with Crippen molar-refractivity contribution in [1.82, 2.24) is 20.4 Å². The summed E-state index contributed by atoms with van der Waals surface area (Å²) in [5.74, 6) is 1.53. The summed E-state index contributed by atoms with van der Waals surface area (Å²) >= 11 is 0. The van der Waals surface area contributed by atoms with Gasteiger partial charge in [-0.25, -0.2) is 0 Å². The molecule has 0 radical (unpaired) electrons. The zero-order valence-electron chi connectivity index (χ0n) is 19.3. The molecule has 1 atom stereocenters.